The van der Waals surface area contributed by atoms with E-state index in [1.54, 1.807) is 6.92 Å². The molecule has 0 amide bonds. The second-order valence-corrected chi connectivity index (χ2v) is 9.57. The van der Waals surface area contributed by atoms with Crippen LogP contribution in [0.4, 0.5) is 0 Å². The third-order valence-electron chi connectivity index (χ3n) is 9.27. The Morgan fingerprint density at radius 3 is 2.76 bits per heavy atom. The molecule has 1 unspecified atom stereocenters. The lowest BCUT2D eigenvalue weighted by Crippen LogP contribution is -2.52. The summed E-state index contributed by atoms with van der Waals surface area (Å²) in [4.78, 5) is 24.6. The Hall–Kier alpha value is -1.44. The van der Waals surface area contributed by atoms with Gasteiger partial charge in [0.1, 0.15) is 5.78 Å². The van der Waals surface area contributed by atoms with Gasteiger partial charge in [-0.25, -0.2) is 0 Å². The number of carbonyl (C=O) groups excluding carboxylic acids is 2. The first-order chi connectivity index (χ1) is 11.9. The van der Waals surface area contributed by atoms with E-state index in [0.717, 1.165) is 32.1 Å². The van der Waals surface area contributed by atoms with E-state index in [1.165, 1.54) is 17.6 Å². The van der Waals surface area contributed by atoms with Crippen LogP contribution in [0.3, 0.4) is 0 Å². The van der Waals surface area contributed by atoms with Crippen molar-refractivity contribution in [3.63, 3.8) is 0 Å². The van der Waals surface area contributed by atoms with Crippen LogP contribution in [0.15, 0.2) is 36.0 Å². The summed E-state index contributed by atoms with van der Waals surface area (Å²) < 4.78 is 0. The second-order valence-electron chi connectivity index (χ2n) is 9.57. The maximum atomic E-state index is 12.8. The van der Waals surface area contributed by atoms with Gasteiger partial charge in [0, 0.05) is 6.42 Å². The van der Waals surface area contributed by atoms with E-state index in [2.05, 4.69) is 25.7 Å². The molecule has 6 atom stereocenters. The highest BCUT2D eigenvalue weighted by atomic mass is 16.1. The summed E-state index contributed by atoms with van der Waals surface area (Å²) in [5, 5.41) is 0. The van der Waals surface area contributed by atoms with E-state index in [0.29, 0.717) is 35.7 Å². The number of fused-ring (bicyclic) bond motifs is 3. The first-order valence-corrected chi connectivity index (χ1v) is 9.98. The molecule has 5 aliphatic carbocycles. The lowest BCUT2D eigenvalue weighted by atomic mass is 9.46. The van der Waals surface area contributed by atoms with Gasteiger partial charge >= 0.3 is 0 Å². The fourth-order valence-electron chi connectivity index (χ4n) is 8.20. The van der Waals surface area contributed by atoms with Crippen molar-refractivity contribution in [2.45, 2.75) is 58.8 Å². The Morgan fingerprint density at radius 2 is 2.04 bits per heavy atom. The van der Waals surface area contributed by atoms with E-state index in [9.17, 15) is 9.59 Å². The number of ketones is 2. The molecule has 0 spiro atoms. The van der Waals surface area contributed by atoms with Crippen molar-refractivity contribution >= 4 is 11.6 Å². The summed E-state index contributed by atoms with van der Waals surface area (Å²) in [6.45, 7) is 8.62. The van der Waals surface area contributed by atoms with Crippen molar-refractivity contribution in [2.24, 2.45) is 34.0 Å². The first kappa shape index (κ1) is 15.8. The highest BCUT2D eigenvalue weighted by molar-refractivity contribution is 5.92. The molecule has 0 radical (unpaired) electrons. The van der Waals surface area contributed by atoms with Gasteiger partial charge in [0.05, 0.1) is 5.41 Å². The summed E-state index contributed by atoms with van der Waals surface area (Å²) >= 11 is 0. The quantitative estimate of drug-likeness (QED) is 0.644. The summed E-state index contributed by atoms with van der Waals surface area (Å²) in [5.41, 5.74) is 2.49. The van der Waals surface area contributed by atoms with Crippen molar-refractivity contribution in [3.05, 3.63) is 36.0 Å². The average Bonchev–Trinajstić information content (AvgIpc) is 2.95. The highest BCUT2D eigenvalue weighted by Crippen LogP contribution is 2.81. The Morgan fingerprint density at radius 1 is 1.24 bits per heavy atom. The van der Waals surface area contributed by atoms with Gasteiger partial charge in [-0.1, -0.05) is 31.2 Å². The number of Topliss-reactive ketones (excluding diaryl/α,β-unsaturated/α-hetero) is 1. The molecule has 0 heterocycles. The van der Waals surface area contributed by atoms with Gasteiger partial charge in [0.2, 0.25) is 0 Å². The van der Waals surface area contributed by atoms with Crippen LogP contribution in [-0.2, 0) is 9.59 Å². The van der Waals surface area contributed by atoms with Gasteiger partial charge in [-0.3, -0.25) is 9.59 Å². The van der Waals surface area contributed by atoms with Gasteiger partial charge in [-0.15, -0.1) is 0 Å². The predicted octanol–water partition coefficient (Wildman–Crippen LogP) is 4.81. The molecule has 3 fully saturated rings. The van der Waals surface area contributed by atoms with E-state index in [-0.39, 0.29) is 16.2 Å². The first-order valence-electron chi connectivity index (χ1n) is 9.98. The molecule has 2 nitrogen and oxygen atoms in total. The summed E-state index contributed by atoms with van der Waals surface area (Å²) in [6.07, 6.45) is 13.8. The largest absolute Gasteiger partial charge is 0.299 e. The van der Waals surface area contributed by atoms with Gasteiger partial charge < -0.3 is 0 Å². The van der Waals surface area contributed by atoms with Gasteiger partial charge in [-0.05, 0) is 85.7 Å². The minimum Gasteiger partial charge on any atom is -0.299 e. The summed E-state index contributed by atoms with van der Waals surface area (Å²) in [7, 11) is 0. The van der Waals surface area contributed by atoms with Crippen molar-refractivity contribution < 1.29 is 9.59 Å². The van der Waals surface area contributed by atoms with Crippen LogP contribution in [0.2, 0.25) is 0 Å². The molecule has 3 saturated carbocycles. The molecule has 0 N–H and O–H groups in total. The molecule has 2 bridgehead atoms. The lowest BCUT2D eigenvalue weighted by Gasteiger charge is -2.57. The molecule has 5 aliphatic rings. The van der Waals surface area contributed by atoms with Crippen molar-refractivity contribution in [1.82, 2.24) is 0 Å². The van der Waals surface area contributed by atoms with Gasteiger partial charge in [0.25, 0.3) is 0 Å². The SMILES string of the molecule is C=C1CC23CC[C@@]1(C(C)=O)[C@@]2(C)CC[C@H]1[C@H]3C=CC2=CC(=O)CC[C@@H]21. The second kappa shape index (κ2) is 4.64. The number of rotatable bonds is 1. The molecule has 132 valence electrons. The molecule has 0 saturated heterocycles. The van der Waals surface area contributed by atoms with Crippen LogP contribution >= 0.6 is 0 Å². The van der Waals surface area contributed by atoms with Crippen molar-refractivity contribution in [3.8, 4) is 0 Å². The number of allylic oxidation sites excluding steroid dienone is 5. The Bertz CT molecular complexity index is 771. The molecular formula is C23H28O2. The zero-order chi connectivity index (χ0) is 17.6. The molecule has 0 aromatic heterocycles. The molecule has 0 aromatic carbocycles. The molecule has 0 aromatic rings. The average molecular weight is 336 g/mol. The minimum absolute atomic E-state index is 0.0696. The van der Waals surface area contributed by atoms with Crippen molar-refractivity contribution in [1.29, 1.82) is 0 Å². The molecule has 5 rings (SSSR count). The maximum Gasteiger partial charge on any atom is 0.155 e. The highest BCUT2D eigenvalue weighted by Gasteiger charge is 2.76. The fourth-order valence-corrected chi connectivity index (χ4v) is 8.20. The maximum absolute atomic E-state index is 12.8. The van der Waals surface area contributed by atoms with Crippen LogP contribution in [-0.4, -0.2) is 11.6 Å². The normalized spacial score (nSPS) is 50.2. The molecule has 0 aliphatic heterocycles. The number of hydrogen-bond acceptors (Lipinski definition) is 2. The van der Waals surface area contributed by atoms with E-state index >= 15 is 0 Å². The van der Waals surface area contributed by atoms with Crippen LogP contribution in [0.25, 0.3) is 0 Å². The van der Waals surface area contributed by atoms with Crippen LogP contribution in [0, 0.1) is 34.0 Å². The summed E-state index contributed by atoms with van der Waals surface area (Å²) in [6, 6.07) is 0. The Labute approximate surface area is 150 Å². The lowest BCUT2D eigenvalue weighted by molar-refractivity contribution is -0.134. The van der Waals surface area contributed by atoms with E-state index in [4.69, 9.17) is 0 Å². The fraction of sp³-hybridized carbons (Fsp3) is 0.652. The summed E-state index contributed by atoms with van der Waals surface area (Å²) in [5.74, 6) is 2.38. The zero-order valence-electron chi connectivity index (χ0n) is 15.4. The van der Waals surface area contributed by atoms with Crippen LogP contribution in [0.1, 0.15) is 58.8 Å². The minimum atomic E-state index is -0.273. The Kier molecular flexibility index (Phi) is 2.93. The smallest absolute Gasteiger partial charge is 0.155 e. The number of carbonyl (C=O) groups is 2. The zero-order valence-corrected chi connectivity index (χ0v) is 15.4. The topological polar surface area (TPSA) is 34.1 Å². The molecule has 25 heavy (non-hydrogen) atoms. The monoisotopic (exact) mass is 336 g/mol. The third-order valence-corrected chi connectivity index (χ3v) is 9.27. The van der Waals surface area contributed by atoms with Gasteiger partial charge in [-0.2, -0.15) is 0 Å². The van der Waals surface area contributed by atoms with Crippen LogP contribution < -0.4 is 0 Å². The van der Waals surface area contributed by atoms with E-state index in [1.807, 2.05) is 6.08 Å². The number of hydrogen-bond donors (Lipinski definition) is 0. The van der Waals surface area contributed by atoms with Crippen molar-refractivity contribution in [2.75, 3.05) is 0 Å². The van der Waals surface area contributed by atoms with Crippen LogP contribution in [0.5, 0.6) is 0 Å². The Balaban J connectivity index is 1.64. The predicted molar refractivity (Wildman–Crippen MR) is 97.8 cm³/mol. The molecular weight excluding hydrogens is 308 g/mol. The third kappa shape index (κ3) is 1.55. The van der Waals surface area contributed by atoms with E-state index < -0.39 is 0 Å². The van der Waals surface area contributed by atoms with Gasteiger partial charge in [0.15, 0.2) is 5.78 Å². The molecule has 2 heteroatoms. The standard InChI is InChI=1S/C23H28O2/c1-14-13-22-10-11-23(14,15(2)24)21(22,3)9-8-19-18-6-5-17(25)12-16(18)4-7-20(19)22/h4,7,12,18-20H,1,5-6,8-11,13H2,2-3H3/t18-,19+,20+,21-,22?,23+/m0/s1.